The highest BCUT2D eigenvalue weighted by atomic mass is 16.3. The molecule has 0 unspecified atom stereocenters. The van der Waals surface area contributed by atoms with Crippen LogP contribution in [0, 0.1) is 0 Å². The van der Waals surface area contributed by atoms with E-state index in [4.69, 9.17) is 5.11 Å². The lowest BCUT2D eigenvalue weighted by atomic mass is 10.0. The van der Waals surface area contributed by atoms with E-state index < -0.39 is 48.5 Å². The summed E-state index contributed by atoms with van der Waals surface area (Å²) in [6.45, 7) is 1.75. The molecule has 0 bridgehead atoms. The van der Waals surface area contributed by atoms with E-state index in [1.54, 1.807) is 0 Å². The zero-order valence-corrected chi connectivity index (χ0v) is 17.5. The van der Waals surface area contributed by atoms with Gasteiger partial charge in [0.05, 0.1) is 18.6 Å². The van der Waals surface area contributed by atoms with Gasteiger partial charge in [-0.15, -0.1) is 0 Å². The average Bonchev–Trinajstić information content (AvgIpc) is 2.75. The molecule has 8 nitrogen and oxygen atoms in total. The second kappa shape index (κ2) is 11.4. The Balaban J connectivity index is 2.02. The SMILES string of the molecule is C[C@@H](O)[C@H](NC(=O)[C@@H](NC(=O)Cc1ccc(-c2ccccc2)cc1)[C@@H](C)O)C(=O)CO. The molecule has 0 saturated heterocycles. The van der Waals surface area contributed by atoms with E-state index in [2.05, 4.69) is 10.6 Å². The third kappa shape index (κ3) is 6.99. The maximum atomic E-state index is 12.5. The number of ketones is 1. The van der Waals surface area contributed by atoms with Gasteiger partial charge in [-0.1, -0.05) is 54.6 Å². The molecule has 5 N–H and O–H groups in total. The van der Waals surface area contributed by atoms with Gasteiger partial charge in [0.1, 0.15) is 18.7 Å². The molecule has 2 aromatic rings. The van der Waals surface area contributed by atoms with Crippen LogP contribution in [-0.4, -0.2) is 63.8 Å². The summed E-state index contributed by atoms with van der Waals surface area (Å²) < 4.78 is 0. The molecule has 0 aliphatic rings. The number of benzene rings is 2. The smallest absolute Gasteiger partial charge is 0.245 e. The van der Waals surface area contributed by atoms with E-state index >= 15 is 0 Å². The number of aliphatic hydroxyl groups is 3. The lowest BCUT2D eigenvalue weighted by Gasteiger charge is -2.25. The minimum Gasteiger partial charge on any atom is -0.391 e. The molecular formula is C23H28N2O6. The number of aliphatic hydroxyl groups excluding tert-OH is 3. The molecule has 4 atom stereocenters. The first kappa shape index (κ1) is 24.2. The van der Waals surface area contributed by atoms with E-state index in [1.807, 2.05) is 54.6 Å². The molecule has 8 heteroatoms. The highest BCUT2D eigenvalue weighted by molar-refractivity contribution is 5.94. The van der Waals surface area contributed by atoms with Gasteiger partial charge in [0.25, 0.3) is 0 Å². The summed E-state index contributed by atoms with van der Waals surface area (Å²) >= 11 is 0. The number of hydrogen-bond acceptors (Lipinski definition) is 6. The number of hydrogen-bond donors (Lipinski definition) is 5. The standard InChI is InChI=1S/C23H28N2O6/c1-14(27)21(19(29)13-26)25-23(31)22(15(2)28)24-20(30)12-16-8-10-18(11-9-16)17-6-4-3-5-7-17/h3-11,14-15,21-22,26-28H,12-13H2,1-2H3,(H,24,30)(H,25,31)/t14-,15-,21+,22+/m1/s1. The Morgan fingerprint density at radius 2 is 1.35 bits per heavy atom. The molecule has 0 aliphatic heterocycles. The highest BCUT2D eigenvalue weighted by Crippen LogP contribution is 2.19. The van der Waals surface area contributed by atoms with Crippen LogP contribution in [0.4, 0.5) is 0 Å². The zero-order valence-electron chi connectivity index (χ0n) is 17.5. The van der Waals surface area contributed by atoms with Crippen LogP contribution in [0.5, 0.6) is 0 Å². The van der Waals surface area contributed by atoms with Crippen LogP contribution in [-0.2, 0) is 20.8 Å². The molecule has 0 heterocycles. The number of amides is 2. The first-order chi connectivity index (χ1) is 14.7. The Morgan fingerprint density at radius 3 is 1.87 bits per heavy atom. The Kier molecular flexibility index (Phi) is 8.87. The van der Waals surface area contributed by atoms with Crippen LogP contribution >= 0.6 is 0 Å². The highest BCUT2D eigenvalue weighted by Gasteiger charge is 2.31. The predicted octanol–water partition coefficient (Wildman–Crippen LogP) is 0.189. The number of carbonyl (C=O) groups excluding carboxylic acids is 3. The van der Waals surface area contributed by atoms with Crippen molar-refractivity contribution >= 4 is 17.6 Å². The van der Waals surface area contributed by atoms with Gasteiger partial charge in [-0.05, 0) is 30.5 Å². The van der Waals surface area contributed by atoms with Crippen molar-refractivity contribution in [2.45, 2.75) is 44.6 Å². The molecule has 0 radical (unpaired) electrons. The van der Waals surface area contributed by atoms with Gasteiger partial charge in [-0.2, -0.15) is 0 Å². The molecule has 0 fully saturated rings. The molecule has 2 amide bonds. The summed E-state index contributed by atoms with van der Waals surface area (Å²) in [6.07, 6.45) is -2.51. The lowest BCUT2D eigenvalue weighted by Crippen LogP contribution is -2.58. The maximum absolute atomic E-state index is 12.5. The van der Waals surface area contributed by atoms with Gasteiger partial charge in [-0.25, -0.2) is 0 Å². The van der Waals surface area contributed by atoms with E-state index in [1.165, 1.54) is 13.8 Å². The Bertz CT molecular complexity index is 881. The van der Waals surface area contributed by atoms with E-state index in [-0.39, 0.29) is 6.42 Å². The van der Waals surface area contributed by atoms with E-state index in [0.717, 1.165) is 16.7 Å². The summed E-state index contributed by atoms with van der Waals surface area (Å²) in [4.78, 5) is 36.6. The molecule has 2 aromatic carbocycles. The van der Waals surface area contributed by atoms with Gasteiger partial charge in [0, 0.05) is 0 Å². The molecular weight excluding hydrogens is 400 g/mol. The first-order valence-electron chi connectivity index (χ1n) is 9.96. The van der Waals surface area contributed by atoms with Crippen molar-refractivity contribution in [2.24, 2.45) is 0 Å². The molecule has 0 aromatic heterocycles. The second-order valence-corrected chi connectivity index (χ2v) is 7.38. The monoisotopic (exact) mass is 428 g/mol. The third-order valence-electron chi connectivity index (χ3n) is 4.79. The van der Waals surface area contributed by atoms with Gasteiger partial charge < -0.3 is 26.0 Å². The van der Waals surface area contributed by atoms with Gasteiger partial charge in [0.15, 0.2) is 5.78 Å². The Labute approximate surface area is 180 Å². The molecule has 31 heavy (non-hydrogen) atoms. The first-order valence-corrected chi connectivity index (χ1v) is 9.96. The van der Waals surface area contributed by atoms with Crippen molar-refractivity contribution in [1.82, 2.24) is 10.6 Å². The number of Topliss-reactive ketones (excluding diaryl/α,β-unsaturated/α-hetero) is 1. The predicted molar refractivity (Wildman–Crippen MR) is 115 cm³/mol. The number of carbonyl (C=O) groups is 3. The van der Waals surface area contributed by atoms with Crippen LogP contribution in [0.3, 0.4) is 0 Å². The van der Waals surface area contributed by atoms with E-state index in [9.17, 15) is 24.6 Å². The third-order valence-corrected chi connectivity index (χ3v) is 4.79. The van der Waals surface area contributed by atoms with Crippen molar-refractivity contribution in [3.8, 4) is 11.1 Å². The molecule has 166 valence electrons. The van der Waals surface area contributed by atoms with Crippen molar-refractivity contribution in [1.29, 1.82) is 0 Å². The largest absolute Gasteiger partial charge is 0.391 e. The average molecular weight is 428 g/mol. The fraction of sp³-hybridized carbons (Fsp3) is 0.348. The van der Waals surface area contributed by atoms with Crippen LogP contribution in [0.1, 0.15) is 19.4 Å². The summed E-state index contributed by atoms with van der Waals surface area (Å²) in [7, 11) is 0. The normalized spacial score (nSPS) is 14.7. The Hall–Kier alpha value is -3.07. The van der Waals surface area contributed by atoms with Crippen molar-refractivity contribution in [3.63, 3.8) is 0 Å². The Morgan fingerprint density at radius 1 is 0.806 bits per heavy atom. The lowest BCUT2D eigenvalue weighted by molar-refractivity contribution is -0.136. The summed E-state index contributed by atoms with van der Waals surface area (Å²) in [5, 5.41) is 33.3. The van der Waals surface area contributed by atoms with Gasteiger partial charge in [-0.3, -0.25) is 14.4 Å². The minimum absolute atomic E-state index is 0.0129. The quantitative estimate of drug-likeness (QED) is 0.367. The molecule has 0 aliphatic carbocycles. The van der Waals surface area contributed by atoms with Crippen molar-refractivity contribution < 1.29 is 29.7 Å². The fourth-order valence-corrected chi connectivity index (χ4v) is 3.07. The summed E-state index contributed by atoms with van der Waals surface area (Å²) in [5.74, 6) is -2.11. The topological polar surface area (TPSA) is 136 Å². The van der Waals surface area contributed by atoms with Gasteiger partial charge in [0.2, 0.25) is 11.8 Å². The summed E-state index contributed by atoms with van der Waals surface area (Å²) in [6, 6.07) is 14.5. The molecule has 0 spiro atoms. The second-order valence-electron chi connectivity index (χ2n) is 7.38. The van der Waals surface area contributed by atoms with Gasteiger partial charge >= 0.3 is 0 Å². The number of nitrogens with one attached hydrogen (secondary N) is 2. The minimum atomic E-state index is -1.35. The maximum Gasteiger partial charge on any atom is 0.245 e. The zero-order chi connectivity index (χ0) is 23.0. The molecule has 0 saturated carbocycles. The fourth-order valence-electron chi connectivity index (χ4n) is 3.07. The molecule has 2 rings (SSSR count). The summed E-state index contributed by atoms with van der Waals surface area (Å²) in [5.41, 5.74) is 2.78. The van der Waals surface area contributed by atoms with Crippen LogP contribution < -0.4 is 10.6 Å². The van der Waals surface area contributed by atoms with Crippen molar-refractivity contribution in [3.05, 3.63) is 60.2 Å². The van der Waals surface area contributed by atoms with Crippen LogP contribution in [0.15, 0.2) is 54.6 Å². The van der Waals surface area contributed by atoms with Crippen LogP contribution in [0.25, 0.3) is 11.1 Å². The van der Waals surface area contributed by atoms with Crippen molar-refractivity contribution in [2.75, 3.05) is 6.61 Å². The van der Waals surface area contributed by atoms with Crippen LogP contribution in [0.2, 0.25) is 0 Å². The number of rotatable bonds is 10. The van der Waals surface area contributed by atoms with E-state index in [0.29, 0.717) is 0 Å².